The number of hydrazone groups is 1. The topological polar surface area (TPSA) is 9.49 Å². The van der Waals surface area contributed by atoms with Crippen molar-refractivity contribution in [2.24, 2.45) is 11.8 Å². The van der Waals surface area contributed by atoms with Crippen molar-refractivity contribution >= 4 is 6.21 Å². The largest absolute Gasteiger partial charge is 0.274 e. The number of nitrogens with zero attached hydrogens (tertiary/aromatic N) is 3. The van der Waals surface area contributed by atoms with E-state index in [1.165, 1.54) is 24.8 Å². The molecule has 0 aromatic heterocycles. The van der Waals surface area contributed by atoms with Gasteiger partial charge in [-0.3, -0.25) is 4.90 Å². The fourth-order valence-electron chi connectivity index (χ4n) is 4.35. The molecule has 0 fully saturated rings. The summed E-state index contributed by atoms with van der Waals surface area (Å²) in [5.41, 5.74) is 1.43. The van der Waals surface area contributed by atoms with Gasteiger partial charge in [-0.15, -0.1) is 4.68 Å². The number of hydrogen-bond acceptors (Lipinski definition) is 2. The first kappa shape index (κ1) is 24.9. The predicted molar refractivity (Wildman–Crippen MR) is 125 cm³/mol. The van der Waals surface area contributed by atoms with E-state index in [9.17, 15) is 0 Å². The van der Waals surface area contributed by atoms with Crippen molar-refractivity contribution in [1.29, 1.82) is 0 Å². The molecule has 0 saturated heterocycles. The summed E-state index contributed by atoms with van der Waals surface area (Å²) >= 11 is 0. The van der Waals surface area contributed by atoms with Crippen LogP contribution in [-0.2, 0) is 0 Å². The highest BCUT2D eigenvalue weighted by Crippen LogP contribution is 2.21. The Balaban J connectivity index is 3.00. The second-order valence-corrected chi connectivity index (χ2v) is 9.75. The van der Waals surface area contributed by atoms with Crippen molar-refractivity contribution < 1.29 is 4.68 Å². The summed E-state index contributed by atoms with van der Waals surface area (Å²) in [5, 5.41) is 2.44. The Bertz CT molecular complexity index is 542. The lowest BCUT2D eigenvalue weighted by Crippen LogP contribution is -2.56. The molecular formula is C25H48N3+. The van der Waals surface area contributed by atoms with Crippen LogP contribution in [0.15, 0.2) is 23.8 Å². The molecule has 0 aliphatic heterocycles. The van der Waals surface area contributed by atoms with Gasteiger partial charge in [0.2, 0.25) is 0 Å². The molecule has 0 spiro atoms. The van der Waals surface area contributed by atoms with Crippen LogP contribution in [0.3, 0.4) is 0 Å². The molecule has 0 aromatic carbocycles. The molecule has 162 valence electrons. The van der Waals surface area contributed by atoms with Crippen LogP contribution in [0, 0.1) is 11.8 Å². The minimum atomic E-state index is 0.350. The van der Waals surface area contributed by atoms with Gasteiger partial charge in [-0.05, 0) is 66.2 Å². The monoisotopic (exact) mass is 390 g/mol. The van der Waals surface area contributed by atoms with Crippen molar-refractivity contribution in [1.82, 2.24) is 9.91 Å². The molecule has 1 rings (SSSR count). The second-order valence-electron chi connectivity index (χ2n) is 9.75. The highest BCUT2D eigenvalue weighted by Gasteiger charge is 2.31. The van der Waals surface area contributed by atoms with Gasteiger partial charge in [-0.2, -0.15) is 5.01 Å². The van der Waals surface area contributed by atoms with Gasteiger partial charge in [-0.25, -0.2) is 0 Å². The highest BCUT2D eigenvalue weighted by atomic mass is 15.6. The molecule has 0 N–H and O–H groups in total. The third-order valence-electron chi connectivity index (χ3n) is 6.14. The first-order valence-corrected chi connectivity index (χ1v) is 11.6. The quantitative estimate of drug-likeness (QED) is 0.182. The van der Waals surface area contributed by atoms with Crippen LogP contribution in [0.2, 0.25) is 0 Å². The second kappa shape index (κ2) is 11.8. The average Bonchev–Trinajstić information content (AvgIpc) is 2.59. The number of hydrogen-bond donors (Lipinski definition) is 0. The zero-order chi connectivity index (χ0) is 21.4. The maximum absolute atomic E-state index is 2.68. The van der Waals surface area contributed by atoms with Crippen molar-refractivity contribution in [3.05, 3.63) is 23.8 Å². The first-order chi connectivity index (χ1) is 13.1. The molecule has 3 heteroatoms. The van der Waals surface area contributed by atoms with E-state index < -0.39 is 0 Å². The maximum atomic E-state index is 2.68. The van der Waals surface area contributed by atoms with Crippen LogP contribution >= 0.6 is 0 Å². The lowest BCUT2D eigenvalue weighted by molar-refractivity contribution is -0.716. The Kier molecular flexibility index (Phi) is 10.5. The molecular weight excluding hydrogens is 342 g/mol. The van der Waals surface area contributed by atoms with Crippen molar-refractivity contribution in [2.45, 2.75) is 112 Å². The van der Waals surface area contributed by atoms with Gasteiger partial charge in [0.15, 0.2) is 12.3 Å². The molecule has 0 radical (unpaired) electrons. The summed E-state index contributed by atoms with van der Waals surface area (Å²) in [6.07, 6.45) is 14.5. The average molecular weight is 391 g/mol. The van der Waals surface area contributed by atoms with E-state index in [1.807, 2.05) is 0 Å². The molecule has 0 bridgehead atoms. The van der Waals surface area contributed by atoms with Crippen LogP contribution in [0.4, 0.5) is 0 Å². The van der Waals surface area contributed by atoms with Gasteiger partial charge < -0.3 is 0 Å². The SMILES string of the molecule is CC(C)CCCC(C)N(C(C)C)C(C)N(C)[N+](=CC1=CC=CCC1C)C(C)C. The minimum absolute atomic E-state index is 0.350. The molecule has 0 heterocycles. The minimum Gasteiger partial charge on any atom is -0.274 e. The predicted octanol–water partition coefficient (Wildman–Crippen LogP) is 6.12. The third-order valence-corrected chi connectivity index (χ3v) is 6.14. The maximum Gasteiger partial charge on any atom is 0.197 e. The Morgan fingerprint density at radius 1 is 1.07 bits per heavy atom. The van der Waals surface area contributed by atoms with E-state index in [0.717, 1.165) is 12.3 Å². The Labute approximate surface area is 176 Å². The van der Waals surface area contributed by atoms with E-state index in [0.29, 0.717) is 30.2 Å². The van der Waals surface area contributed by atoms with E-state index in [-0.39, 0.29) is 0 Å². The van der Waals surface area contributed by atoms with Crippen molar-refractivity contribution in [2.75, 3.05) is 7.05 Å². The molecule has 1 aliphatic carbocycles. The fourth-order valence-corrected chi connectivity index (χ4v) is 4.35. The molecule has 3 unspecified atom stereocenters. The Hall–Kier alpha value is -1.09. The number of hydrazine groups is 1. The Morgan fingerprint density at radius 3 is 2.21 bits per heavy atom. The summed E-state index contributed by atoms with van der Waals surface area (Å²) < 4.78 is 2.43. The van der Waals surface area contributed by atoms with Gasteiger partial charge in [0, 0.05) is 17.7 Å². The molecule has 0 saturated carbocycles. The van der Waals surface area contributed by atoms with Gasteiger partial charge >= 0.3 is 0 Å². The van der Waals surface area contributed by atoms with E-state index in [1.54, 1.807) is 0 Å². The van der Waals surface area contributed by atoms with Crippen molar-refractivity contribution in [3.63, 3.8) is 0 Å². The molecule has 3 atom stereocenters. The summed E-state index contributed by atoms with van der Waals surface area (Å²) in [6.45, 7) is 21.0. The lowest BCUT2D eigenvalue weighted by Gasteiger charge is -2.41. The van der Waals surface area contributed by atoms with Gasteiger partial charge in [0.25, 0.3) is 0 Å². The molecule has 0 amide bonds. The summed E-state index contributed by atoms with van der Waals surface area (Å²) in [7, 11) is 2.25. The molecule has 0 aromatic rings. The number of allylic oxidation sites excluding steroid dienone is 4. The molecule has 3 nitrogen and oxygen atoms in total. The van der Waals surface area contributed by atoms with Gasteiger partial charge in [0.05, 0.1) is 7.05 Å². The summed E-state index contributed by atoms with van der Waals surface area (Å²) in [5.74, 6) is 1.39. The summed E-state index contributed by atoms with van der Waals surface area (Å²) in [4.78, 5) is 2.68. The van der Waals surface area contributed by atoms with Crippen LogP contribution in [0.5, 0.6) is 0 Å². The smallest absolute Gasteiger partial charge is 0.197 e. The van der Waals surface area contributed by atoms with Gasteiger partial charge in [-0.1, -0.05) is 51.8 Å². The fraction of sp³-hybridized carbons (Fsp3) is 0.800. The summed E-state index contributed by atoms with van der Waals surface area (Å²) in [6, 6.07) is 1.54. The van der Waals surface area contributed by atoms with Gasteiger partial charge in [0.1, 0.15) is 6.17 Å². The van der Waals surface area contributed by atoms with E-state index in [2.05, 4.69) is 108 Å². The first-order valence-electron chi connectivity index (χ1n) is 11.6. The highest BCUT2D eigenvalue weighted by molar-refractivity contribution is 5.76. The zero-order valence-electron chi connectivity index (χ0n) is 20.4. The number of rotatable bonds is 11. The lowest BCUT2D eigenvalue weighted by atomic mass is 9.94. The standard InChI is InChI=1S/C25H48N3/c1-19(2)14-13-16-23(8)28(21(5)6)24(9)26(10)27(20(3)4)18-25-17-12-11-15-22(25)7/h11-12,17-24H,13-16H2,1-10H3/q+1. The van der Waals surface area contributed by atoms with Crippen LogP contribution in [0.1, 0.15) is 88.0 Å². The van der Waals surface area contributed by atoms with Crippen LogP contribution in [-0.4, -0.2) is 52.1 Å². The third kappa shape index (κ3) is 7.39. The van der Waals surface area contributed by atoms with E-state index >= 15 is 0 Å². The van der Waals surface area contributed by atoms with Crippen LogP contribution < -0.4 is 0 Å². The zero-order valence-corrected chi connectivity index (χ0v) is 20.4. The van der Waals surface area contributed by atoms with Crippen molar-refractivity contribution in [3.8, 4) is 0 Å². The molecule has 28 heavy (non-hydrogen) atoms. The Morgan fingerprint density at radius 2 is 1.71 bits per heavy atom. The normalized spacial score (nSPS) is 20.3. The van der Waals surface area contributed by atoms with E-state index in [4.69, 9.17) is 0 Å². The molecule has 1 aliphatic rings. The van der Waals surface area contributed by atoms with Crippen LogP contribution in [0.25, 0.3) is 0 Å².